The average Bonchev–Trinajstić information content (AvgIpc) is 3.85. The van der Waals surface area contributed by atoms with Gasteiger partial charge in [-0.15, -0.1) is 11.3 Å². The molecule has 3 nitrogen and oxygen atoms in total. The summed E-state index contributed by atoms with van der Waals surface area (Å²) in [4.78, 5) is 6.81. The number of fused-ring (bicyclic) bond motifs is 4. The number of rotatable bonds is 7. The van der Waals surface area contributed by atoms with E-state index >= 15 is 0 Å². The van der Waals surface area contributed by atoms with Crippen LogP contribution in [0.15, 0.2) is 200 Å². The molecule has 0 atom stereocenters. The van der Waals surface area contributed by atoms with Crippen LogP contribution < -0.4 is 4.90 Å². The van der Waals surface area contributed by atoms with Crippen LogP contribution in [0.1, 0.15) is 11.1 Å². The van der Waals surface area contributed by atoms with Crippen molar-refractivity contribution in [3.8, 4) is 16.8 Å². The maximum atomic E-state index is 4.46. The number of nitrogens with zero attached hydrogens (tertiary/aromatic N) is 3. The number of hydrogen-bond acceptors (Lipinski definition) is 3. The van der Waals surface area contributed by atoms with E-state index in [0.717, 1.165) is 28.3 Å². The molecule has 59 heavy (non-hydrogen) atoms. The van der Waals surface area contributed by atoms with Crippen LogP contribution in [0, 0.1) is 0 Å². The van der Waals surface area contributed by atoms with Gasteiger partial charge in [-0.25, -0.2) is 0 Å². The monoisotopic (exact) mass is 769 g/mol. The van der Waals surface area contributed by atoms with Crippen LogP contribution in [0.4, 0.5) is 17.1 Å². The predicted molar refractivity (Wildman–Crippen MR) is 253 cm³/mol. The Hall–Kier alpha value is -7.53. The molecule has 0 bridgehead atoms. The third-order valence-electron chi connectivity index (χ3n) is 11.9. The number of para-hydroxylation sites is 1. The molecule has 9 aromatic carbocycles. The van der Waals surface area contributed by atoms with Gasteiger partial charge in [0.25, 0.3) is 0 Å². The first-order valence-corrected chi connectivity index (χ1v) is 20.8. The lowest BCUT2D eigenvalue weighted by molar-refractivity contribution is 1.14. The van der Waals surface area contributed by atoms with Gasteiger partial charge in [-0.1, -0.05) is 133 Å². The van der Waals surface area contributed by atoms with Gasteiger partial charge in [-0.3, -0.25) is 4.98 Å². The Balaban J connectivity index is 0.908. The van der Waals surface area contributed by atoms with Gasteiger partial charge in [0.05, 0.1) is 22.9 Å². The Morgan fingerprint density at radius 2 is 1.17 bits per heavy atom. The van der Waals surface area contributed by atoms with Crippen molar-refractivity contribution in [3.05, 3.63) is 212 Å². The number of thiophene rings is 1. The second kappa shape index (κ2) is 13.6. The molecular formula is C55H35N3S. The zero-order valence-electron chi connectivity index (χ0n) is 32.0. The van der Waals surface area contributed by atoms with Crippen LogP contribution in [0.3, 0.4) is 0 Å². The minimum atomic E-state index is 1.07. The first-order chi connectivity index (χ1) is 29.3. The molecule has 0 saturated heterocycles. The van der Waals surface area contributed by atoms with Gasteiger partial charge in [-0.05, 0) is 111 Å². The number of aromatic nitrogens is 2. The third kappa shape index (κ3) is 5.45. The molecule has 0 spiro atoms. The van der Waals surface area contributed by atoms with Gasteiger partial charge in [0.2, 0.25) is 0 Å². The van der Waals surface area contributed by atoms with Crippen LogP contribution in [0.2, 0.25) is 0 Å². The summed E-state index contributed by atoms with van der Waals surface area (Å²) in [6.07, 6.45) is 8.27. The van der Waals surface area contributed by atoms with Crippen LogP contribution in [0.25, 0.3) is 92.5 Å². The van der Waals surface area contributed by atoms with Gasteiger partial charge in [0.15, 0.2) is 0 Å². The fourth-order valence-electron chi connectivity index (χ4n) is 9.19. The molecule has 0 saturated carbocycles. The fraction of sp³-hybridized carbons (Fsp3) is 0. The summed E-state index contributed by atoms with van der Waals surface area (Å²) < 4.78 is 4.96. The van der Waals surface area contributed by atoms with E-state index in [-0.39, 0.29) is 0 Å². The molecule has 0 unspecified atom stereocenters. The Morgan fingerprint density at radius 3 is 2.03 bits per heavy atom. The SMILES string of the molecule is C(=Cc1ccc(-c2ccc3c4c2ccc2cccc(c24)n3-c2cccnc2)c2ccccc12)c1ccc(N(c2ccccc2)c2ccc3c(c2)sc2ccccc23)cc1. The summed E-state index contributed by atoms with van der Waals surface area (Å²) in [7, 11) is 0. The summed E-state index contributed by atoms with van der Waals surface area (Å²) in [5, 5.41) is 10.2. The Labute approximate surface area is 345 Å². The Kier molecular flexibility index (Phi) is 7.72. The van der Waals surface area contributed by atoms with Crippen LogP contribution in [-0.2, 0) is 0 Å². The normalized spacial score (nSPS) is 12.0. The van der Waals surface area contributed by atoms with E-state index in [1.807, 2.05) is 29.8 Å². The number of hydrogen-bond donors (Lipinski definition) is 0. The average molecular weight is 770 g/mol. The molecule has 12 rings (SSSR count). The lowest BCUT2D eigenvalue weighted by atomic mass is 9.90. The molecular weight excluding hydrogens is 735 g/mol. The van der Waals surface area contributed by atoms with Crippen molar-refractivity contribution in [2.24, 2.45) is 0 Å². The van der Waals surface area contributed by atoms with Crippen molar-refractivity contribution in [3.63, 3.8) is 0 Å². The van der Waals surface area contributed by atoms with Crippen LogP contribution in [0.5, 0.6) is 0 Å². The summed E-state index contributed by atoms with van der Waals surface area (Å²) in [6.45, 7) is 0. The number of benzene rings is 9. The number of pyridine rings is 1. The van der Waals surface area contributed by atoms with Gasteiger partial charge < -0.3 is 9.47 Å². The summed E-state index contributed by atoms with van der Waals surface area (Å²) >= 11 is 1.85. The van der Waals surface area contributed by atoms with E-state index in [9.17, 15) is 0 Å². The highest BCUT2D eigenvalue weighted by Gasteiger charge is 2.20. The van der Waals surface area contributed by atoms with Gasteiger partial charge in [0.1, 0.15) is 0 Å². The molecule has 0 aliphatic heterocycles. The molecule has 3 aromatic heterocycles. The molecule has 0 amide bonds. The second-order valence-corrected chi connectivity index (χ2v) is 16.2. The van der Waals surface area contributed by atoms with Gasteiger partial charge in [-0.2, -0.15) is 0 Å². The van der Waals surface area contributed by atoms with Gasteiger partial charge in [0, 0.05) is 54.2 Å². The number of anilines is 3. The Morgan fingerprint density at radius 1 is 0.458 bits per heavy atom. The quantitative estimate of drug-likeness (QED) is 0.119. The highest BCUT2D eigenvalue weighted by molar-refractivity contribution is 7.25. The lowest BCUT2D eigenvalue weighted by Gasteiger charge is -2.25. The smallest absolute Gasteiger partial charge is 0.0645 e. The zero-order chi connectivity index (χ0) is 38.9. The molecule has 0 N–H and O–H groups in total. The molecule has 0 radical (unpaired) electrons. The van der Waals surface area contributed by atoms with Crippen molar-refractivity contribution in [1.82, 2.24) is 9.55 Å². The molecule has 0 aliphatic rings. The molecule has 3 heterocycles. The van der Waals surface area contributed by atoms with E-state index in [0.29, 0.717) is 0 Å². The topological polar surface area (TPSA) is 21.1 Å². The first kappa shape index (κ1) is 33.6. The van der Waals surface area contributed by atoms with Crippen molar-refractivity contribution in [1.29, 1.82) is 0 Å². The maximum absolute atomic E-state index is 4.46. The predicted octanol–water partition coefficient (Wildman–Crippen LogP) is 15.6. The Bertz CT molecular complexity index is 3540. The zero-order valence-corrected chi connectivity index (χ0v) is 32.8. The van der Waals surface area contributed by atoms with E-state index in [2.05, 4.69) is 209 Å². The minimum absolute atomic E-state index is 1.07. The molecule has 276 valence electrons. The van der Waals surface area contributed by atoms with Crippen molar-refractivity contribution >= 4 is 104 Å². The highest BCUT2D eigenvalue weighted by atomic mass is 32.1. The lowest BCUT2D eigenvalue weighted by Crippen LogP contribution is -2.09. The van der Waals surface area contributed by atoms with Crippen molar-refractivity contribution < 1.29 is 0 Å². The first-order valence-electron chi connectivity index (χ1n) is 20.0. The summed E-state index contributed by atoms with van der Waals surface area (Å²) in [6, 6.07) is 68.4. The van der Waals surface area contributed by atoms with E-state index < -0.39 is 0 Å². The third-order valence-corrected chi connectivity index (χ3v) is 13.0. The molecule has 12 aromatic rings. The highest BCUT2D eigenvalue weighted by Crippen LogP contribution is 2.45. The summed E-state index contributed by atoms with van der Waals surface area (Å²) in [5.41, 5.74) is 11.7. The largest absolute Gasteiger partial charge is 0.310 e. The standard InChI is InChI=1S/C55H35N3S/c1-2-11-39(12-3-1)57(41-27-30-48-47-16-6-7-18-52(47)59-53(48)34-41)40-25-20-36(21-26-40)19-22-37-23-28-45(44-15-5-4-14-43(37)44)46-31-32-51-55-49(46)29-24-38-10-8-17-50(54(38)55)58(51)42-13-9-33-56-35-42/h1-35H. The van der Waals surface area contributed by atoms with E-state index in [1.54, 1.807) is 0 Å². The van der Waals surface area contributed by atoms with Crippen molar-refractivity contribution in [2.45, 2.75) is 0 Å². The van der Waals surface area contributed by atoms with Crippen LogP contribution >= 0.6 is 11.3 Å². The maximum Gasteiger partial charge on any atom is 0.0645 e. The fourth-order valence-corrected chi connectivity index (χ4v) is 10.3. The molecule has 0 aliphatic carbocycles. The second-order valence-electron chi connectivity index (χ2n) is 15.2. The van der Waals surface area contributed by atoms with Gasteiger partial charge >= 0.3 is 0 Å². The minimum Gasteiger partial charge on any atom is -0.310 e. The van der Waals surface area contributed by atoms with Crippen LogP contribution in [-0.4, -0.2) is 9.55 Å². The summed E-state index contributed by atoms with van der Waals surface area (Å²) in [5.74, 6) is 0. The van der Waals surface area contributed by atoms with E-state index in [1.165, 1.54) is 80.2 Å². The molecule has 4 heteroatoms. The molecule has 0 fully saturated rings. The van der Waals surface area contributed by atoms with E-state index in [4.69, 9.17) is 0 Å². The van der Waals surface area contributed by atoms with Crippen molar-refractivity contribution in [2.75, 3.05) is 4.90 Å².